The monoisotopic (exact) mass is 329 g/mol. The Kier molecular flexibility index (Phi) is 4.89. The van der Waals surface area contributed by atoms with E-state index in [-0.39, 0.29) is 0 Å². The SMILES string of the molecule is CC(C)N(C(C)C)P1Oc2ccccc2Cc2ccccc2O1. The van der Waals surface area contributed by atoms with Crippen LogP contribution in [-0.2, 0) is 6.42 Å². The van der Waals surface area contributed by atoms with Crippen LogP contribution in [-0.4, -0.2) is 16.8 Å². The summed E-state index contributed by atoms with van der Waals surface area (Å²) in [6.45, 7) is 8.74. The van der Waals surface area contributed by atoms with Gasteiger partial charge in [-0.3, -0.25) is 0 Å². The second-order valence-corrected chi connectivity index (χ2v) is 7.68. The molecule has 0 atom stereocenters. The molecule has 0 bridgehead atoms. The van der Waals surface area contributed by atoms with E-state index in [1.807, 2.05) is 24.3 Å². The average Bonchev–Trinajstić information content (AvgIpc) is 2.48. The minimum absolute atomic E-state index is 0.347. The van der Waals surface area contributed by atoms with Crippen molar-refractivity contribution >= 4 is 8.53 Å². The molecule has 0 amide bonds. The number of benzene rings is 2. The van der Waals surface area contributed by atoms with Crippen molar-refractivity contribution in [2.45, 2.75) is 46.2 Å². The number of rotatable bonds is 3. The molecule has 0 saturated carbocycles. The second kappa shape index (κ2) is 6.90. The van der Waals surface area contributed by atoms with Crippen LogP contribution in [0, 0.1) is 0 Å². The van der Waals surface area contributed by atoms with Crippen LogP contribution >= 0.6 is 8.53 Å². The third-order valence-electron chi connectivity index (χ3n) is 3.93. The van der Waals surface area contributed by atoms with Crippen LogP contribution in [0.1, 0.15) is 38.8 Å². The summed E-state index contributed by atoms with van der Waals surface area (Å²) < 4.78 is 15.0. The van der Waals surface area contributed by atoms with E-state index in [1.54, 1.807) is 0 Å². The summed E-state index contributed by atoms with van der Waals surface area (Å²) in [7, 11) is -1.20. The predicted octanol–water partition coefficient (Wildman–Crippen LogP) is 5.39. The lowest BCUT2D eigenvalue weighted by atomic mass is 10.0. The van der Waals surface area contributed by atoms with Crippen molar-refractivity contribution in [2.24, 2.45) is 0 Å². The van der Waals surface area contributed by atoms with Crippen molar-refractivity contribution in [2.75, 3.05) is 0 Å². The van der Waals surface area contributed by atoms with Crippen LogP contribution in [0.3, 0.4) is 0 Å². The molecule has 2 aromatic rings. The molecular formula is C19H24NO2P. The molecule has 0 radical (unpaired) electrons. The zero-order chi connectivity index (χ0) is 16.4. The van der Waals surface area contributed by atoms with Gasteiger partial charge >= 0.3 is 8.53 Å². The van der Waals surface area contributed by atoms with Crippen LogP contribution in [0.4, 0.5) is 0 Å². The van der Waals surface area contributed by atoms with Gasteiger partial charge in [0.25, 0.3) is 0 Å². The first kappa shape index (κ1) is 16.3. The van der Waals surface area contributed by atoms with E-state index >= 15 is 0 Å². The molecule has 0 unspecified atom stereocenters. The van der Waals surface area contributed by atoms with E-state index < -0.39 is 8.53 Å². The van der Waals surface area contributed by atoms with Gasteiger partial charge in [-0.25, -0.2) is 4.67 Å². The standard InChI is InChI=1S/C19H24NO2P/c1-14(2)20(15(3)4)23-21-18-11-7-5-9-16(18)13-17-10-6-8-12-19(17)22-23/h5-12,14-15H,13H2,1-4H3. The summed E-state index contributed by atoms with van der Waals surface area (Å²) in [6.07, 6.45) is 0.832. The van der Waals surface area contributed by atoms with Gasteiger partial charge in [-0.2, -0.15) is 0 Å². The van der Waals surface area contributed by atoms with Gasteiger partial charge in [0.2, 0.25) is 0 Å². The summed E-state index contributed by atoms with van der Waals surface area (Å²) >= 11 is 0. The molecule has 3 rings (SSSR count). The minimum Gasteiger partial charge on any atom is -0.427 e. The molecule has 0 saturated heterocycles. The van der Waals surface area contributed by atoms with Crippen molar-refractivity contribution in [3.05, 3.63) is 59.7 Å². The summed E-state index contributed by atoms with van der Waals surface area (Å²) in [4.78, 5) is 0. The van der Waals surface area contributed by atoms with Crippen molar-refractivity contribution in [3.8, 4) is 11.5 Å². The van der Waals surface area contributed by atoms with Gasteiger partial charge < -0.3 is 9.05 Å². The normalized spacial score (nSPS) is 14.7. The van der Waals surface area contributed by atoms with E-state index in [1.165, 1.54) is 11.1 Å². The fourth-order valence-corrected chi connectivity index (χ4v) is 4.61. The first-order chi connectivity index (χ1) is 11.1. The molecule has 122 valence electrons. The molecule has 0 fully saturated rings. The summed E-state index contributed by atoms with van der Waals surface area (Å²) in [5.74, 6) is 1.86. The Hall–Kier alpha value is -1.57. The zero-order valence-electron chi connectivity index (χ0n) is 14.2. The smallest absolute Gasteiger partial charge is 0.385 e. The van der Waals surface area contributed by atoms with Crippen molar-refractivity contribution in [3.63, 3.8) is 0 Å². The minimum atomic E-state index is -1.20. The lowest BCUT2D eigenvalue weighted by molar-refractivity contribution is 0.265. The Labute approximate surface area is 140 Å². The number of hydrogen-bond acceptors (Lipinski definition) is 3. The molecule has 1 aliphatic rings. The van der Waals surface area contributed by atoms with Crippen molar-refractivity contribution < 1.29 is 9.05 Å². The number of para-hydroxylation sites is 2. The largest absolute Gasteiger partial charge is 0.427 e. The van der Waals surface area contributed by atoms with Crippen LogP contribution < -0.4 is 9.05 Å². The first-order valence-electron chi connectivity index (χ1n) is 8.16. The average molecular weight is 329 g/mol. The molecule has 0 spiro atoms. The molecular weight excluding hydrogens is 305 g/mol. The highest BCUT2D eigenvalue weighted by atomic mass is 31.2. The van der Waals surface area contributed by atoms with E-state index in [0.29, 0.717) is 12.1 Å². The van der Waals surface area contributed by atoms with Gasteiger partial charge in [0.1, 0.15) is 11.5 Å². The third-order valence-corrected chi connectivity index (χ3v) is 5.93. The Morgan fingerprint density at radius 1 is 0.783 bits per heavy atom. The van der Waals surface area contributed by atoms with Gasteiger partial charge in [-0.05, 0) is 51.0 Å². The van der Waals surface area contributed by atoms with Gasteiger partial charge in [-0.1, -0.05) is 36.4 Å². The van der Waals surface area contributed by atoms with Gasteiger partial charge in [0, 0.05) is 18.5 Å². The second-order valence-electron chi connectivity index (χ2n) is 6.38. The molecule has 4 heteroatoms. The number of fused-ring (bicyclic) bond motifs is 2. The maximum atomic E-state index is 6.35. The van der Waals surface area contributed by atoms with E-state index in [4.69, 9.17) is 9.05 Å². The molecule has 1 aliphatic heterocycles. The maximum absolute atomic E-state index is 6.35. The summed E-state index contributed by atoms with van der Waals surface area (Å²) in [5, 5.41) is 0. The van der Waals surface area contributed by atoms with Gasteiger partial charge in [0.05, 0.1) is 0 Å². The summed E-state index contributed by atoms with van der Waals surface area (Å²) in [5.41, 5.74) is 2.42. The summed E-state index contributed by atoms with van der Waals surface area (Å²) in [6, 6.07) is 17.2. The maximum Gasteiger partial charge on any atom is 0.385 e. The molecule has 0 N–H and O–H groups in total. The highest BCUT2D eigenvalue weighted by Gasteiger charge is 2.32. The Morgan fingerprint density at radius 3 is 1.65 bits per heavy atom. The van der Waals surface area contributed by atoms with Crippen LogP contribution in [0.5, 0.6) is 11.5 Å². The topological polar surface area (TPSA) is 21.7 Å². The number of hydrogen-bond donors (Lipinski definition) is 0. The molecule has 3 nitrogen and oxygen atoms in total. The first-order valence-corrected chi connectivity index (χ1v) is 9.29. The van der Waals surface area contributed by atoms with Gasteiger partial charge in [-0.15, -0.1) is 0 Å². The highest BCUT2D eigenvalue weighted by molar-refractivity contribution is 7.45. The number of nitrogens with zero attached hydrogens (tertiary/aromatic N) is 1. The van der Waals surface area contributed by atoms with Crippen LogP contribution in [0.25, 0.3) is 0 Å². The third kappa shape index (κ3) is 3.52. The van der Waals surface area contributed by atoms with Crippen LogP contribution in [0.2, 0.25) is 0 Å². The molecule has 2 aromatic carbocycles. The van der Waals surface area contributed by atoms with E-state index in [2.05, 4.69) is 56.6 Å². The highest BCUT2D eigenvalue weighted by Crippen LogP contribution is 2.49. The van der Waals surface area contributed by atoms with Crippen molar-refractivity contribution in [1.82, 2.24) is 4.67 Å². The van der Waals surface area contributed by atoms with Gasteiger partial charge in [0.15, 0.2) is 0 Å². The molecule has 0 aliphatic carbocycles. The zero-order valence-corrected chi connectivity index (χ0v) is 15.1. The quantitative estimate of drug-likeness (QED) is 0.704. The fraction of sp³-hybridized carbons (Fsp3) is 0.368. The Morgan fingerprint density at radius 2 is 1.22 bits per heavy atom. The lowest BCUT2D eigenvalue weighted by Gasteiger charge is -2.36. The molecule has 23 heavy (non-hydrogen) atoms. The Balaban J connectivity index is 2.05. The Bertz CT molecular complexity index is 616. The predicted molar refractivity (Wildman–Crippen MR) is 96.0 cm³/mol. The lowest BCUT2D eigenvalue weighted by Crippen LogP contribution is -2.35. The fourth-order valence-electron chi connectivity index (χ4n) is 2.94. The van der Waals surface area contributed by atoms with E-state index in [0.717, 1.165) is 17.9 Å². The molecule has 1 heterocycles. The van der Waals surface area contributed by atoms with Crippen molar-refractivity contribution in [1.29, 1.82) is 0 Å². The van der Waals surface area contributed by atoms with E-state index in [9.17, 15) is 0 Å². The molecule has 0 aromatic heterocycles. The van der Waals surface area contributed by atoms with Crippen LogP contribution in [0.15, 0.2) is 48.5 Å².